The van der Waals surface area contributed by atoms with Gasteiger partial charge in [-0.3, -0.25) is 4.79 Å². The number of sulfonamides is 1. The third-order valence-electron chi connectivity index (χ3n) is 3.57. The fraction of sp³-hybridized carbons (Fsp3) is 0.917. The minimum Gasteiger partial charge on any atom is -0.481 e. The molecule has 0 bridgehead atoms. The van der Waals surface area contributed by atoms with E-state index in [2.05, 4.69) is 0 Å². The van der Waals surface area contributed by atoms with E-state index in [1.807, 2.05) is 0 Å². The maximum Gasteiger partial charge on any atom is 0.303 e. The molecule has 1 rings (SSSR count). The van der Waals surface area contributed by atoms with Gasteiger partial charge in [-0.25, -0.2) is 12.7 Å². The zero-order valence-electron chi connectivity index (χ0n) is 11.0. The Balaban J connectivity index is 2.51. The molecule has 0 radical (unpaired) electrons. The molecule has 1 saturated carbocycles. The van der Waals surface area contributed by atoms with Crippen LogP contribution in [0.25, 0.3) is 0 Å². The van der Waals surface area contributed by atoms with Gasteiger partial charge in [-0.05, 0) is 19.3 Å². The van der Waals surface area contributed by atoms with Crippen LogP contribution in [0.1, 0.15) is 51.4 Å². The van der Waals surface area contributed by atoms with Gasteiger partial charge in [-0.2, -0.15) is 0 Å². The van der Waals surface area contributed by atoms with Gasteiger partial charge in [0.2, 0.25) is 10.0 Å². The number of carbonyl (C=O) groups is 1. The van der Waals surface area contributed by atoms with E-state index in [1.54, 1.807) is 7.05 Å². The maximum absolute atomic E-state index is 12.1. The number of nitrogens with zero attached hydrogens (tertiary/aromatic N) is 1. The molecule has 0 aromatic carbocycles. The number of hydrogen-bond acceptors (Lipinski definition) is 3. The predicted octanol–water partition coefficient (Wildman–Crippen LogP) is 1.84. The Hall–Kier alpha value is -0.620. The second kappa shape index (κ2) is 7.09. The van der Waals surface area contributed by atoms with Gasteiger partial charge < -0.3 is 5.11 Å². The first kappa shape index (κ1) is 15.4. The molecular weight excluding hydrogens is 254 g/mol. The van der Waals surface area contributed by atoms with E-state index in [4.69, 9.17) is 5.11 Å². The Kier molecular flexibility index (Phi) is 6.08. The first-order chi connectivity index (χ1) is 8.43. The highest BCUT2D eigenvalue weighted by atomic mass is 32.2. The average molecular weight is 277 g/mol. The molecule has 18 heavy (non-hydrogen) atoms. The van der Waals surface area contributed by atoms with Crippen molar-refractivity contribution >= 4 is 16.0 Å². The number of carboxylic acids is 1. The molecule has 1 fully saturated rings. The zero-order chi connectivity index (χ0) is 13.6. The Bertz CT molecular complexity index is 358. The summed E-state index contributed by atoms with van der Waals surface area (Å²) in [5, 5.41) is 8.53. The molecule has 6 heteroatoms. The summed E-state index contributed by atoms with van der Waals surface area (Å²) < 4.78 is 25.6. The molecule has 5 nitrogen and oxygen atoms in total. The largest absolute Gasteiger partial charge is 0.481 e. The predicted molar refractivity (Wildman–Crippen MR) is 69.9 cm³/mol. The van der Waals surface area contributed by atoms with Crippen molar-refractivity contribution < 1.29 is 18.3 Å². The van der Waals surface area contributed by atoms with Gasteiger partial charge >= 0.3 is 5.97 Å². The molecule has 0 unspecified atom stereocenters. The second-order valence-corrected chi connectivity index (χ2v) is 7.12. The van der Waals surface area contributed by atoms with E-state index in [0.717, 1.165) is 25.7 Å². The maximum atomic E-state index is 12.1. The number of hydrogen-bond donors (Lipinski definition) is 1. The van der Waals surface area contributed by atoms with E-state index in [0.29, 0.717) is 0 Å². The highest BCUT2D eigenvalue weighted by Crippen LogP contribution is 2.23. The average Bonchev–Trinajstić information content (AvgIpc) is 2.55. The lowest BCUT2D eigenvalue weighted by Crippen LogP contribution is -2.38. The topological polar surface area (TPSA) is 74.7 Å². The van der Waals surface area contributed by atoms with Crippen LogP contribution in [-0.2, 0) is 14.8 Å². The Morgan fingerprint density at radius 1 is 1.22 bits per heavy atom. The molecule has 1 aliphatic carbocycles. The minimum atomic E-state index is -3.30. The van der Waals surface area contributed by atoms with Crippen molar-refractivity contribution in [3.8, 4) is 0 Å². The van der Waals surface area contributed by atoms with Crippen LogP contribution in [0.3, 0.4) is 0 Å². The summed E-state index contributed by atoms with van der Waals surface area (Å²) in [5.74, 6) is -1.01. The molecule has 0 aliphatic heterocycles. The van der Waals surface area contributed by atoms with Gasteiger partial charge in [0.05, 0.1) is 5.75 Å². The van der Waals surface area contributed by atoms with Gasteiger partial charge in [0.25, 0.3) is 0 Å². The van der Waals surface area contributed by atoms with Crippen LogP contribution in [0.5, 0.6) is 0 Å². The highest BCUT2D eigenvalue weighted by Gasteiger charge is 2.26. The lowest BCUT2D eigenvalue weighted by atomic mass is 10.1. The van der Waals surface area contributed by atoms with Crippen molar-refractivity contribution in [2.45, 2.75) is 57.4 Å². The molecular formula is C12H23NO4S. The van der Waals surface area contributed by atoms with E-state index in [1.165, 1.54) is 17.1 Å². The molecule has 1 N–H and O–H groups in total. The van der Waals surface area contributed by atoms with Crippen molar-refractivity contribution in [3.05, 3.63) is 0 Å². The molecule has 0 spiro atoms. The van der Waals surface area contributed by atoms with Gasteiger partial charge in [0.15, 0.2) is 0 Å². The van der Waals surface area contributed by atoms with Crippen LogP contribution in [0.4, 0.5) is 0 Å². The van der Waals surface area contributed by atoms with Crippen LogP contribution in [0.2, 0.25) is 0 Å². The summed E-state index contributed by atoms with van der Waals surface area (Å²) in [6, 6.07) is 0.0994. The van der Waals surface area contributed by atoms with Crippen LogP contribution < -0.4 is 0 Å². The van der Waals surface area contributed by atoms with Crippen LogP contribution in [0, 0.1) is 0 Å². The van der Waals surface area contributed by atoms with Gasteiger partial charge in [-0.15, -0.1) is 0 Å². The Morgan fingerprint density at radius 2 is 1.78 bits per heavy atom. The van der Waals surface area contributed by atoms with E-state index >= 15 is 0 Å². The van der Waals surface area contributed by atoms with Crippen LogP contribution in [0.15, 0.2) is 0 Å². The number of carboxylic acid groups (broad SMARTS) is 1. The van der Waals surface area contributed by atoms with Crippen LogP contribution in [-0.4, -0.2) is 42.6 Å². The number of rotatable bonds is 6. The second-order valence-electron chi connectivity index (χ2n) is 4.97. The molecule has 0 heterocycles. The summed E-state index contributed by atoms with van der Waals surface area (Å²) >= 11 is 0. The van der Waals surface area contributed by atoms with E-state index in [-0.39, 0.29) is 24.6 Å². The third kappa shape index (κ3) is 4.94. The monoisotopic (exact) mass is 277 g/mol. The molecule has 0 amide bonds. The lowest BCUT2D eigenvalue weighted by Gasteiger charge is -2.26. The summed E-state index contributed by atoms with van der Waals surface area (Å²) in [6.45, 7) is 0. The molecule has 0 aromatic rings. The van der Waals surface area contributed by atoms with Crippen molar-refractivity contribution in [1.82, 2.24) is 4.31 Å². The van der Waals surface area contributed by atoms with Crippen LogP contribution >= 0.6 is 0 Å². The first-order valence-corrected chi connectivity index (χ1v) is 8.22. The van der Waals surface area contributed by atoms with Crippen molar-refractivity contribution in [3.63, 3.8) is 0 Å². The standard InChI is InChI=1S/C12H23NO4S/c1-13(11-7-4-2-3-5-8-11)18(16,17)10-6-9-12(14)15/h11H,2-10H2,1H3,(H,14,15). The Morgan fingerprint density at radius 3 is 2.28 bits per heavy atom. The SMILES string of the molecule is CN(C1CCCCCC1)S(=O)(=O)CCCC(=O)O. The smallest absolute Gasteiger partial charge is 0.303 e. The van der Waals surface area contributed by atoms with Crippen molar-refractivity contribution in [2.24, 2.45) is 0 Å². The van der Waals surface area contributed by atoms with Crippen molar-refractivity contribution in [2.75, 3.05) is 12.8 Å². The van der Waals surface area contributed by atoms with E-state index < -0.39 is 16.0 Å². The summed E-state index contributed by atoms with van der Waals surface area (Å²) in [7, 11) is -1.67. The summed E-state index contributed by atoms with van der Waals surface area (Å²) in [4.78, 5) is 10.4. The molecule has 0 saturated heterocycles. The molecule has 106 valence electrons. The molecule has 0 atom stereocenters. The lowest BCUT2D eigenvalue weighted by molar-refractivity contribution is -0.137. The third-order valence-corrected chi connectivity index (χ3v) is 5.55. The van der Waals surface area contributed by atoms with Gasteiger partial charge in [-0.1, -0.05) is 25.7 Å². The fourth-order valence-corrected chi connectivity index (χ4v) is 3.86. The minimum absolute atomic E-state index is 0.0632. The molecule has 1 aliphatic rings. The first-order valence-electron chi connectivity index (χ1n) is 6.61. The summed E-state index contributed by atoms with van der Waals surface area (Å²) in [5.41, 5.74) is 0. The molecule has 0 aromatic heterocycles. The number of aliphatic carboxylic acids is 1. The normalized spacial score (nSPS) is 18.8. The van der Waals surface area contributed by atoms with Gasteiger partial charge in [0.1, 0.15) is 0 Å². The summed E-state index contributed by atoms with van der Waals surface area (Å²) in [6.07, 6.45) is 6.49. The zero-order valence-corrected chi connectivity index (χ0v) is 11.8. The van der Waals surface area contributed by atoms with Gasteiger partial charge in [0, 0.05) is 19.5 Å². The quantitative estimate of drug-likeness (QED) is 0.752. The highest BCUT2D eigenvalue weighted by molar-refractivity contribution is 7.89. The Labute approximate surface area is 109 Å². The van der Waals surface area contributed by atoms with E-state index in [9.17, 15) is 13.2 Å². The fourth-order valence-electron chi connectivity index (χ4n) is 2.40. The van der Waals surface area contributed by atoms with Crippen molar-refractivity contribution in [1.29, 1.82) is 0 Å².